The van der Waals surface area contributed by atoms with E-state index in [0.29, 0.717) is 36.7 Å². The average Bonchev–Trinajstić information content (AvgIpc) is 3.02. The Morgan fingerprint density at radius 3 is 2.91 bits per heavy atom. The van der Waals surface area contributed by atoms with E-state index in [2.05, 4.69) is 17.0 Å². The molecule has 0 amide bonds. The van der Waals surface area contributed by atoms with Crippen LogP contribution in [-0.4, -0.2) is 36.7 Å². The molecule has 1 N–H and O–H groups in total. The van der Waals surface area contributed by atoms with Crippen LogP contribution < -0.4 is 4.90 Å². The summed E-state index contributed by atoms with van der Waals surface area (Å²) in [6.45, 7) is 1.55. The van der Waals surface area contributed by atoms with E-state index in [1.165, 1.54) is 5.69 Å². The van der Waals surface area contributed by atoms with Crippen molar-refractivity contribution in [3.63, 3.8) is 0 Å². The lowest BCUT2D eigenvalue weighted by Crippen LogP contribution is -2.33. The third-order valence-corrected chi connectivity index (χ3v) is 4.30. The molecule has 1 heterocycles. The van der Waals surface area contributed by atoms with E-state index >= 15 is 0 Å². The molecule has 1 fully saturated rings. The fourth-order valence-corrected chi connectivity index (χ4v) is 3.11. The third kappa shape index (κ3) is 3.07. The molecule has 0 spiro atoms. The topological polar surface area (TPSA) is 49.8 Å². The molecule has 2 aliphatic rings. The number of allylic oxidation sites excluding steroid dienone is 1. The Balaban J connectivity index is 1.68. The van der Waals surface area contributed by atoms with Gasteiger partial charge in [0.2, 0.25) is 0 Å². The highest BCUT2D eigenvalue weighted by molar-refractivity contribution is 5.77. The Bertz CT molecular complexity index is 579. The van der Waals surface area contributed by atoms with Gasteiger partial charge < -0.3 is 14.7 Å². The number of anilines is 1. The van der Waals surface area contributed by atoms with Gasteiger partial charge in [0.25, 0.3) is 0 Å². The second kappa shape index (κ2) is 6.79. The number of para-hydroxylation sites is 1. The molecule has 0 bridgehead atoms. The fourth-order valence-electron chi connectivity index (χ4n) is 3.11. The van der Waals surface area contributed by atoms with E-state index in [1.54, 1.807) is 6.08 Å². The van der Waals surface area contributed by atoms with Crippen LogP contribution in [0.25, 0.3) is 0 Å². The second-order valence-electron chi connectivity index (χ2n) is 5.73. The van der Waals surface area contributed by atoms with Crippen LogP contribution >= 0.6 is 0 Å². The number of ether oxygens (including phenoxy) is 1. The number of aliphatic hydroxyl groups is 1. The fraction of sp³-hybridized carbons (Fsp3) is 0.389. The first-order chi connectivity index (χ1) is 10.8. The molecular formula is C18H21NO3. The number of benzene rings is 1. The predicted molar refractivity (Wildman–Crippen MR) is 85.6 cm³/mol. The summed E-state index contributed by atoms with van der Waals surface area (Å²) in [7, 11) is 0. The van der Waals surface area contributed by atoms with Crippen molar-refractivity contribution in [3.8, 4) is 0 Å². The highest BCUT2D eigenvalue weighted by atomic mass is 16.5. The van der Waals surface area contributed by atoms with Crippen molar-refractivity contribution in [1.29, 1.82) is 0 Å². The van der Waals surface area contributed by atoms with E-state index in [-0.39, 0.29) is 0 Å². The molecule has 4 nitrogen and oxygen atoms in total. The van der Waals surface area contributed by atoms with Gasteiger partial charge in [0, 0.05) is 12.2 Å². The minimum Gasteiger partial charge on any atom is -0.491 e. The van der Waals surface area contributed by atoms with Crippen LogP contribution in [0.4, 0.5) is 5.69 Å². The maximum Gasteiger partial charge on any atom is 0.152 e. The van der Waals surface area contributed by atoms with E-state index in [9.17, 15) is 9.90 Å². The standard InChI is InChI=1S/C18H21NO3/c20-12-16-17(21)9-4-10-18(16)22-13-15-8-5-11-19(15)14-6-2-1-3-7-14/h1-4,6-7,10,12,15,17,21H,5,8-9,11,13H2/t15-,17?/m1/s1. The van der Waals surface area contributed by atoms with Gasteiger partial charge in [0.05, 0.1) is 17.7 Å². The molecule has 0 radical (unpaired) electrons. The van der Waals surface area contributed by atoms with Gasteiger partial charge in [-0.1, -0.05) is 24.3 Å². The minimum absolute atomic E-state index is 0.301. The Labute approximate surface area is 130 Å². The molecule has 1 unspecified atom stereocenters. The average molecular weight is 299 g/mol. The van der Waals surface area contributed by atoms with Gasteiger partial charge in [-0.2, -0.15) is 0 Å². The van der Waals surface area contributed by atoms with Crippen LogP contribution in [0, 0.1) is 0 Å². The Hall–Kier alpha value is -2.07. The van der Waals surface area contributed by atoms with Crippen LogP contribution in [0.2, 0.25) is 0 Å². The molecule has 0 aromatic heterocycles. The molecule has 1 aromatic carbocycles. The van der Waals surface area contributed by atoms with Crippen LogP contribution in [0.15, 0.2) is 53.8 Å². The van der Waals surface area contributed by atoms with Gasteiger partial charge in [-0.3, -0.25) is 4.79 Å². The molecule has 2 atom stereocenters. The highest BCUT2D eigenvalue weighted by Crippen LogP contribution is 2.27. The molecule has 4 heteroatoms. The van der Waals surface area contributed by atoms with Crippen molar-refractivity contribution in [1.82, 2.24) is 0 Å². The Kier molecular flexibility index (Phi) is 4.59. The summed E-state index contributed by atoms with van der Waals surface area (Å²) in [5.41, 5.74) is 1.56. The van der Waals surface area contributed by atoms with Crippen molar-refractivity contribution in [3.05, 3.63) is 53.8 Å². The molecule has 1 aliphatic carbocycles. The first-order valence-electron chi connectivity index (χ1n) is 7.78. The lowest BCUT2D eigenvalue weighted by molar-refractivity contribution is -0.106. The van der Waals surface area contributed by atoms with Gasteiger partial charge in [0.15, 0.2) is 6.29 Å². The molecule has 0 saturated carbocycles. The number of carbonyl (C=O) groups excluding carboxylic acids is 1. The van der Waals surface area contributed by atoms with Gasteiger partial charge in [-0.15, -0.1) is 0 Å². The highest BCUT2D eigenvalue weighted by Gasteiger charge is 2.26. The predicted octanol–water partition coefficient (Wildman–Crippen LogP) is 2.45. The van der Waals surface area contributed by atoms with E-state index in [1.807, 2.05) is 24.3 Å². The molecule has 3 rings (SSSR count). The maximum atomic E-state index is 11.1. The van der Waals surface area contributed by atoms with Crippen molar-refractivity contribution in [2.75, 3.05) is 18.1 Å². The molecule has 1 aromatic rings. The molecule has 1 aliphatic heterocycles. The summed E-state index contributed by atoms with van der Waals surface area (Å²) in [4.78, 5) is 13.5. The molecule has 116 valence electrons. The minimum atomic E-state index is -0.744. The Morgan fingerprint density at radius 2 is 2.14 bits per heavy atom. The smallest absolute Gasteiger partial charge is 0.152 e. The lowest BCUT2D eigenvalue weighted by Gasteiger charge is -2.28. The summed E-state index contributed by atoms with van der Waals surface area (Å²) in [5, 5.41) is 9.83. The van der Waals surface area contributed by atoms with Crippen molar-refractivity contribution < 1.29 is 14.6 Å². The van der Waals surface area contributed by atoms with E-state index in [0.717, 1.165) is 19.4 Å². The van der Waals surface area contributed by atoms with E-state index in [4.69, 9.17) is 4.74 Å². The largest absolute Gasteiger partial charge is 0.491 e. The lowest BCUT2D eigenvalue weighted by atomic mass is 10.0. The number of rotatable bonds is 5. The van der Waals surface area contributed by atoms with Crippen LogP contribution in [0.5, 0.6) is 0 Å². The molecule has 1 saturated heterocycles. The maximum absolute atomic E-state index is 11.1. The summed E-state index contributed by atoms with van der Waals surface area (Å²) in [5.74, 6) is 0.508. The van der Waals surface area contributed by atoms with Gasteiger partial charge in [-0.25, -0.2) is 0 Å². The zero-order chi connectivity index (χ0) is 15.4. The zero-order valence-corrected chi connectivity index (χ0v) is 12.5. The summed E-state index contributed by atoms with van der Waals surface area (Å²) in [6, 6.07) is 10.6. The van der Waals surface area contributed by atoms with Crippen molar-refractivity contribution in [2.24, 2.45) is 0 Å². The number of nitrogens with zero attached hydrogens (tertiary/aromatic N) is 1. The van der Waals surface area contributed by atoms with Gasteiger partial charge in [-0.05, 0) is 37.5 Å². The zero-order valence-electron chi connectivity index (χ0n) is 12.5. The summed E-state index contributed by atoms with van der Waals surface area (Å²) in [6.07, 6.45) is 6.28. The normalized spacial score (nSPS) is 24.7. The number of aliphatic hydroxyl groups excluding tert-OH is 1. The summed E-state index contributed by atoms with van der Waals surface area (Å²) < 4.78 is 5.85. The summed E-state index contributed by atoms with van der Waals surface area (Å²) >= 11 is 0. The monoisotopic (exact) mass is 299 g/mol. The van der Waals surface area contributed by atoms with Crippen LogP contribution in [0.3, 0.4) is 0 Å². The van der Waals surface area contributed by atoms with E-state index < -0.39 is 6.10 Å². The number of carbonyl (C=O) groups is 1. The number of hydrogen-bond donors (Lipinski definition) is 1. The van der Waals surface area contributed by atoms with Gasteiger partial charge in [0.1, 0.15) is 12.4 Å². The van der Waals surface area contributed by atoms with Crippen LogP contribution in [0.1, 0.15) is 19.3 Å². The second-order valence-corrected chi connectivity index (χ2v) is 5.73. The van der Waals surface area contributed by atoms with Crippen molar-refractivity contribution in [2.45, 2.75) is 31.4 Å². The third-order valence-electron chi connectivity index (χ3n) is 4.30. The SMILES string of the molecule is O=CC1=C(OC[C@H]2CCCN2c2ccccc2)C=CCC1O. The molecule has 22 heavy (non-hydrogen) atoms. The quantitative estimate of drug-likeness (QED) is 0.849. The molecular weight excluding hydrogens is 278 g/mol. The number of hydrogen-bond acceptors (Lipinski definition) is 4. The number of aldehydes is 1. The van der Waals surface area contributed by atoms with Crippen LogP contribution in [-0.2, 0) is 9.53 Å². The Morgan fingerprint density at radius 1 is 1.32 bits per heavy atom. The van der Waals surface area contributed by atoms with Gasteiger partial charge >= 0.3 is 0 Å². The first-order valence-corrected chi connectivity index (χ1v) is 7.78. The van der Waals surface area contributed by atoms with Crippen molar-refractivity contribution >= 4 is 12.0 Å². The first kappa shape index (κ1) is 14.9.